The van der Waals surface area contributed by atoms with Gasteiger partial charge in [-0.3, -0.25) is 0 Å². The van der Waals surface area contributed by atoms with Crippen molar-refractivity contribution in [2.45, 2.75) is 13.5 Å². The lowest BCUT2D eigenvalue weighted by Gasteiger charge is -2.21. The number of hydrogen-bond acceptors (Lipinski definition) is 5. The number of aromatic nitrogens is 1. The summed E-state index contributed by atoms with van der Waals surface area (Å²) in [6, 6.07) is 3.91. The highest BCUT2D eigenvalue weighted by molar-refractivity contribution is 9.11. The molecule has 0 radical (unpaired) electrons. The van der Waals surface area contributed by atoms with Gasteiger partial charge in [-0.15, -0.1) is 11.3 Å². The second-order valence-electron chi connectivity index (χ2n) is 4.43. The zero-order chi connectivity index (χ0) is 14.7. The molecule has 0 aliphatic rings. The number of anilines is 1. The molecule has 0 fully saturated rings. The zero-order valence-corrected chi connectivity index (χ0v) is 13.6. The highest BCUT2D eigenvalue weighted by atomic mass is 79.9. The number of hydrogen-bond donors (Lipinski definition) is 2. The topological polar surface area (TPSA) is 74.7 Å². The van der Waals surface area contributed by atoms with Crippen molar-refractivity contribution in [1.29, 1.82) is 0 Å². The largest absolute Gasteiger partial charge is 0.409 e. The van der Waals surface area contributed by atoms with Crippen molar-refractivity contribution in [2.24, 2.45) is 10.9 Å². The van der Waals surface area contributed by atoms with E-state index in [0.29, 0.717) is 17.9 Å². The maximum Gasteiger partial charge on any atom is 0.174 e. The molecule has 5 nitrogen and oxygen atoms in total. The Bertz CT molecular complexity index is 641. The molecule has 0 aliphatic carbocycles. The number of nitrogens with two attached hydrogens (primary N) is 1. The second-order valence-corrected chi connectivity index (χ2v) is 6.72. The average molecular weight is 355 g/mol. The molecule has 2 heterocycles. The molecule has 0 atom stereocenters. The van der Waals surface area contributed by atoms with E-state index < -0.39 is 0 Å². The molecule has 0 unspecified atom stereocenters. The Morgan fingerprint density at radius 1 is 1.60 bits per heavy atom. The van der Waals surface area contributed by atoms with Gasteiger partial charge in [0.25, 0.3) is 0 Å². The minimum Gasteiger partial charge on any atom is -0.409 e. The summed E-state index contributed by atoms with van der Waals surface area (Å²) in [7, 11) is 1.93. The summed E-state index contributed by atoms with van der Waals surface area (Å²) in [6.45, 7) is 2.61. The van der Waals surface area contributed by atoms with Gasteiger partial charge in [0.15, 0.2) is 5.84 Å². The Hall–Kier alpha value is -1.60. The smallest absolute Gasteiger partial charge is 0.174 e. The third kappa shape index (κ3) is 3.10. The van der Waals surface area contributed by atoms with Gasteiger partial charge in [0.05, 0.1) is 9.35 Å². The van der Waals surface area contributed by atoms with E-state index in [-0.39, 0.29) is 5.84 Å². The molecule has 0 saturated heterocycles. The molecule has 7 heteroatoms. The third-order valence-electron chi connectivity index (χ3n) is 2.91. The number of aryl methyl sites for hydroxylation is 1. The van der Waals surface area contributed by atoms with Crippen LogP contribution in [0, 0.1) is 6.92 Å². The molecule has 2 aromatic rings. The lowest BCUT2D eigenvalue weighted by molar-refractivity contribution is 0.318. The quantitative estimate of drug-likeness (QED) is 0.383. The monoisotopic (exact) mass is 354 g/mol. The fourth-order valence-corrected chi connectivity index (χ4v) is 3.18. The van der Waals surface area contributed by atoms with E-state index in [1.165, 1.54) is 5.56 Å². The number of nitrogens with zero attached hydrogens (tertiary/aromatic N) is 3. The number of pyridine rings is 1. The van der Waals surface area contributed by atoms with Crippen molar-refractivity contribution in [3.05, 3.63) is 44.2 Å². The highest BCUT2D eigenvalue weighted by Gasteiger charge is 2.15. The number of oxime groups is 1. The van der Waals surface area contributed by atoms with E-state index in [1.807, 2.05) is 24.9 Å². The molecular formula is C13H15BrN4OS. The third-order valence-corrected chi connectivity index (χ3v) is 4.46. The molecule has 0 amide bonds. The lowest BCUT2D eigenvalue weighted by Crippen LogP contribution is -2.24. The summed E-state index contributed by atoms with van der Waals surface area (Å²) >= 11 is 5.09. The summed E-state index contributed by atoms with van der Waals surface area (Å²) in [5.41, 5.74) is 8.52. The van der Waals surface area contributed by atoms with E-state index in [9.17, 15) is 0 Å². The van der Waals surface area contributed by atoms with Gasteiger partial charge < -0.3 is 15.8 Å². The first-order valence-corrected chi connectivity index (χ1v) is 7.57. The van der Waals surface area contributed by atoms with E-state index in [1.54, 1.807) is 17.5 Å². The number of rotatable bonds is 4. The van der Waals surface area contributed by atoms with E-state index in [0.717, 1.165) is 9.35 Å². The highest BCUT2D eigenvalue weighted by Crippen LogP contribution is 2.25. The van der Waals surface area contributed by atoms with Crippen molar-refractivity contribution in [3.8, 4) is 0 Å². The van der Waals surface area contributed by atoms with Gasteiger partial charge in [-0.1, -0.05) is 5.16 Å². The van der Waals surface area contributed by atoms with Crippen molar-refractivity contribution < 1.29 is 5.21 Å². The van der Waals surface area contributed by atoms with Crippen LogP contribution in [0.3, 0.4) is 0 Å². The summed E-state index contributed by atoms with van der Waals surface area (Å²) in [5, 5.41) is 14.1. The Kier molecular flexibility index (Phi) is 4.61. The predicted molar refractivity (Wildman–Crippen MR) is 85.6 cm³/mol. The molecular weight excluding hydrogens is 340 g/mol. The molecule has 2 rings (SSSR count). The van der Waals surface area contributed by atoms with Crippen LogP contribution in [0.15, 0.2) is 32.7 Å². The van der Waals surface area contributed by atoms with Crippen LogP contribution < -0.4 is 10.6 Å². The van der Waals surface area contributed by atoms with Gasteiger partial charge in [-0.05, 0) is 51.5 Å². The van der Waals surface area contributed by atoms with Crippen LogP contribution in [0.1, 0.15) is 16.7 Å². The molecule has 0 spiro atoms. The average Bonchev–Trinajstić information content (AvgIpc) is 2.83. The summed E-state index contributed by atoms with van der Waals surface area (Å²) in [5.74, 6) is 0.770. The van der Waals surface area contributed by atoms with Crippen LogP contribution in [0.25, 0.3) is 0 Å². The molecule has 0 aromatic carbocycles. The van der Waals surface area contributed by atoms with Gasteiger partial charge in [-0.2, -0.15) is 0 Å². The van der Waals surface area contributed by atoms with Gasteiger partial charge in [0, 0.05) is 19.8 Å². The summed E-state index contributed by atoms with van der Waals surface area (Å²) < 4.78 is 1.09. The van der Waals surface area contributed by atoms with Crippen LogP contribution >= 0.6 is 27.3 Å². The SMILES string of the molecule is Cc1ccnc(N(C)Cc2csc(Br)c2)c1/C(N)=N/O. The van der Waals surface area contributed by atoms with Crippen LogP contribution in [0.2, 0.25) is 0 Å². The van der Waals surface area contributed by atoms with Gasteiger partial charge >= 0.3 is 0 Å². The number of amidine groups is 1. The summed E-state index contributed by atoms with van der Waals surface area (Å²) in [4.78, 5) is 6.34. The molecule has 0 aliphatic heterocycles. The summed E-state index contributed by atoms with van der Waals surface area (Å²) in [6.07, 6.45) is 1.72. The number of halogens is 1. The van der Waals surface area contributed by atoms with Crippen molar-refractivity contribution >= 4 is 38.9 Å². The van der Waals surface area contributed by atoms with Crippen molar-refractivity contribution in [2.75, 3.05) is 11.9 Å². The predicted octanol–water partition coefficient (Wildman–Crippen LogP) is 2.94. The molecule has 0 bridgehead atoms. The maximum absolute atomic E-state index is 8.92. The van der Waals surface area contributed by atoms with Crippen molar-refractivity contribution in [1.82, 2.24) is 4.98 Å². The molecule has 106 valence electrons. The first-order chi connectivity index (χ1) is 9.52. The molecule has 0 saturated carbocycles. The Morgan fingerprint density at radius 3 is 2.95 bits per heavy atom. The zero-order valence-electron chi connectivity index (χ0n) is 11.2. The van der Waals surface area contributed by atoms with E-state index in [4.69, 9.17) is 10.9 Å². The minimum atomic E-state index is 0.0731. The number of thiophene rings is 1. The Morgan fingerprint density at radius 2 is 2.35 bits per heavy atom. The van der Waals surface area contributed by atoms with Crippen LogP contribution in [0.5, 0.6) is 0 Å². The van der Waals surface area contributed by atoms with Gasteiger partial charge in [0.1, 0.15) is 5.82 Å². The van der Waals surface area contributed by atoms with Crippen molar-refractivity contribution in [3.63, 3.8) is 0 Å². The lowest BCUT2D eigenvalue weighted by atomic mass is 10.1. The molecule has 20 heavy (non-hydrogen) atoms. The Labute approximate surface area is 129 Å². The second kappa shape index (κ2) is 6.23. The first kappa shape index (κ1) is 14.8. The molecule has 2 aromatic heterocycles. The fourth-order valence-electron chi connectivity index (χ4n) is 1.98. The van der Waals surface area contributed by atoms with Crippen LogP contribution in [0.4, 0.5) is 5.82 Å². The fraction of sp³-hybridized carbons (Fsp3) is 0.231. The van der Waals surface area contributed by atoms with Gasteiger partial charge in [-0.25, -0.2) is 4.98 Å². The standard InChI is InChI=1S/C13H15BrN4OS/c1-8-3-4-16-13(11(8)12(15)17-19)18(2)6-9-5-10(14)20-7-9/h3-5,7,19H,6H2,1-2H3,(H2,15,17). The van der Waals surface area contributed by atoms with Crippen LogP contribution in [-0.4, -0.2) is 23.1 Å². The van der Waals surface area contributed by atoms with Gasteiger partial charge in [0.2, 0.25) is 0 Å². The molecule has 3 N–H and O–H groups in total. The minimum absolute atomic E-state index is 0.0731. The van der Waals surface area contributed by atoms with E-state index in [2.05, 4.69) is 37.5 Å². The maximum atomic E-state index is 8.92. The first-order valence-electron chi connectivity index (χ1n) is 5.90. The Balaban J connectivity index is 2.34. The van der Waals surface area contributed by atoms with E-state index >= 15 is 0 Å². The normalized spacial score (nSPS) is 11.7. The van der Waals surface area contributed by atoms with Crippen LogP contribution in [-0.2, 0) is 6.54 Å².